The number of rotatable bonds is 3. The Balaban J connectivity index is 1.87. The van der Waals surface area contributed by atoms with Gasteiger partial charge >= 0.3 is 0 Å². The first kappa shape index (κ1) is 14.1. The SMILES string of the molecule is NC(Cc1ccc(Br)cc1F)c1cnc2ccccc2n1. The minimum Gasteiger partial charge on any atom is -0.322 e. The van der Waals surface area contributed by atoms with Gasteiger partial charge in [0, 0.05) is 4.47 Å². The zero-order valence-electron chi connectivity index (χ0n) is 11.1. The molecule has 0 aliphatic heterocycles. The van der Waals surface area contributed by atoms with Crippen molar-refractivity contribution in [3.05, 3.63) is 70.2 Å². The van der Waals surface area contributed by atoms with Crippen molar-refractivity contribution in [3.8, 4) is 0 Å². The molecule has 3 rings (SSSR count). The Labute approximate surface area is 130 Å². The number of hydrogen-bond acceptors (Lipinski definition) is 3. The van der Waals surface area contributed by atoms with Gasteiger partial charge in [0.25, 0.3) is 0 Å². The lowest BCUT2D eigenvalue weighted by Crippen LogP contribution is -2.16. The first-order valence-electron chi connectivity index (χ1n) is 6.54. The highest BCUT2D eigenvalue weighted by Crippen LogP contribution is 2.21. The third kappa shape index (κ3) is 3.09. The van der Waals surface area contributed by atoms with Gasteiger partial charge in [-0.2, -0.15) is 0 Å². The molecule has 3 aromatic rings. The van der Waals surface area contributed by atoms with Crippen LogP contribution in [0.4, 0.5) is 4.39 Å². The molecule has 3 nitrogen and oxygen atoms in total. The Morgan fingerprint density at radius 1 is 1.14 bits per heavy atom. The van der Waals surface area contributed by atoms with E-state index in [9.17, 15) is 4.39 Å². The summed E-state index contributed by atoms with van der Waals surface area (Å²) in [5, 5.41) is 0. The number of fused-ring (bicyclic) bond motifs is 1. The van der Waals surface area contributed by atoms with E-state index in [1.165, 1.54) is 6.07 Å². The molecule has 106 valence electrons. The van der Waals surface area contributed by atoms with E-state index in [0.717, 1.165) is 11.0 Å². The molecule has 0 saturated heterocycles. The molecule has 0 aliphatic carbocycles. The highest BCUT2D eigenvalue weighted by Gasteiger charge is 2.13. The summed E-state index contributed by atoms with van der Waals surface area (Å²) in [6.07, 6.45) is 2.04. The lowest BCUT2D eigenvalue weighted by molar-refractivity contribution is 0.589. The zero-order valence-corrected chi connectivity index (χ0v) is 12.7. The average molecular weight is 346 g/mol. The second-order valence-electron chi connectivity index (χ2n) is 4.83. The summed E-state index contributed by atoms with van der Waals surface area (Å²) in [7, 11) is 0. The lowest BCUT2D eigenvalue weighted by Gasteiger charge is -2.12. The van der Waals surface area contributed by atoms with E-state index in [0.29, 0.717) is 22.2 Å². The Kier molecular flexibility index (Phi) is 3.94. The van der Waals surface area contributed by atoms with Crippen LogP contribution in [0.3, 0.4) is 0 Å². The molecule has 0 saturated carbocycles. The van der Waals surface area contributed by atoms with Gasteiger partial charge in [-0.3, -0.25) is 4.98 Å². The molecule has 0 amide bonds. The molecule has 0 bridgehead atoms. The summed E-state index contributed by atoms with van der Waals surface area (Å²) in [6, 6.07) is 12.2. The molecule has 1 unspecified atom stereocenters. The van der Waals surface area contributed by atoms with E-state index in [-0.39, 0.29) is 5.82 Å². The number of para-hydroxylation sites is 2. The molecular formula is C16H13BrFN3. The van der Waals surface area contributed by atoms with Gasteiger partial charge in [-0.15, -0.1) is 0 Å². The largest absolute Gasteiger partial charge is 0.322 e. The number of aromatic nitrogens is 2. The molecule has 0 spiro atoms. The van der Waals surface area contributed by atoms with E-state index in [1.807, 2.05) is 24.3 Å². The van der Waals surface area contributed by atoms with Crippen molar-refractivity contribution in [3.63, 3.8) is 0 Å². The van der Waals surface area contributed by atoms with Crippen LogP contribution in [-0.4, -0.2) is 9.97 Å². The second-order valence-corrected chi connectivity index (χ2v) is 5.75. The number of nitrogens with two attached hydrogens (primary N) is 1. The van der Waals surface area contributed by atoms with E-state index < -0.39 is 6.04 Å². The van der Waals surface area contributed by atoms with Crippen molar-refractivity contribution in [2.75, 3.05) is 0 Å². The highest BCUT2D eigenvalue weighted by atomic mass is 79.9. The standard InChI is InChI=1S/C16H13BrFN3/c17-11-6-5-10(12(18)8-11)7-13(19)16-9-20-14-3-1-2-4-15(14)21-16/h1-6,8-9,13H,7,19H2. The first-order valence-corrected chi connectivity index (χ1v) is 7.34. The van der Waals surface area contributed by atoms with Gasteiger partial charge in [0.2, 0.25) is 0 Å². The van der Waals surface area contributed by atoms with Crippen LogP contribution in [-0.2, 0) is 6.42 Å². The summed E-state index contributed by atoms with van der Waals surface area (Å²) >= 11 is 3.24. The van der Waals surface area contributed by atoms with Crippen LogP contribution in [0, 0.1) is 5.82 Å². The Morgan fingerprint density at radius 2 is 1.90 bits per heavy atom. The summed E-state index contributed by atoms with van der Waals surface area (Å²) in [5.74, 6) is -0.270. The summed E-state index contributed by atoms with van der Waals surface area (Å²) in [5.41, 5.74) is 8.99. The van der Waals surface area contributed by atoms with Crippen molar-refractivity contribution in [2.45, 2.75) is 12.5 Å². The summed E-state index contributed by atoms with van der Waals surface area (Å²) in [6.45, 7) is 0. The van der Waals surface area contributed by atoms with E-state index in [1.54, 1.807) is 18.3 Å². The first-order chi connectivity index (χ1) is 10.1. The van der Waals surface area contributed by atoms with Crippen molar-refractivity contribution in [2.24, 2.45) is 5.73 Å². The van der Waals surface area contributed by atoms with Crippen molar-refractivity contribution >= 4 is 27.0 Å². The van der Waals surface area contributed by atoms with E-state index in [2.05, 4.69) is 25.9 Å². The van der Waals surface area contributed by atoms with Gasteiger partial charge in [-0.1, -0.05) is 34.1 Å². The van der Waals surface area contributed by atoms with Crippen molar-refractivity contribution < 1.29 is 4.39 Å². The second kappa shape index (κ2) is 5.87. The Morgan fingerprint density at radius 3 is 2.67 bits per heavy atom. The van der Waals surface area contributed by atoms with Gasteiger partial charge < -0.3 is 5.73 Å². The molecule has 21 heavy (non-hydrogen) atoms. The maximum absolute atomic E-state index is 13.9. The molecule has 5 heteroatoms. The number of nitrogens with zero attached hydrogens (tertiary/aromatic N) is 2. The minimum absolute atomic E-state index is 0.270. The van der Waals surface area contributed by atoms with Crippen LogP contribution in [0.2, 0.25) is 0 Å². The van der Waals surface area contributed by atoms with E-state index >= 15 is 0 Å². The predicted octanol–water partition coefficient (Wildman–Crippen LogP) is 3.77. The Bertz CT molecular complexity index is 791. The maximum atomic E-state index is 13.9. The third-order valence-corrected chi connectivity index (χ3v) is 3.80. The molecule has 2 N–H and O–H groups in total. The van der Waals surface area contributed by atoms with Crippen LogP contribution in [0.1, 0.15) is 17.3 Å². The molecule has 1 aromatic heterocycles. The van der Waals surface area contributed by atoms with Gasteiger partial charge in [0.15, 0.2) is 0 Å². The van der Waals surface area contributed by atoms with Gasteiger partial charge in [0.05, 0.1) is 29.0 Å². The topological polar surface area (TPSA) is 51.8 Å². The fourth-order valence-electron chi connectivity index (χ4n) is 2.18. The van der Waals surface area contributed by atoms with Crippen LogP contribution >= 0.6 is 15.9 Å². The van der Waals surface area contributed by atoms with Gasteiger partial charge in [-0.25, -0.2) is 9.37 Å². The third-order valence-electron chi connectivity index (χ3n) is 3.30. The highest BCUT2D eigenvalue weighted by molar-refractivity contribution is 9.10. The van der Waals surface area contributed by atoms with Gasteiger partial charge in [-0.05, 0) is 36.2 Å². The van der Waals surface area contributed by atoms with Crippen LogP contribution in [0.15, 0.2) is 53.1 Å². The lowest BCUT2D eigenvalue weighted by atomic mass is 10.0. The fraction of sp³-hybridized carbons (Fsp3) is 0.125. The normalized spacial score (nSPS) is 12.5. The molecule has 0 radical (unpaired) electrons. The fourth-order valence-corrected chi connectivity index (χ4v) is 2.51. The zero-order chi connectivity index (χ0) is 14.8. The number of hydrogen-bond donors (Lipinski definition) is 1. The number of halogens is 2. The number of benzene rings is 2. The summed E-state index contributed by atoms with van der Waals surface area (Å²) in [4.78, 5) is 8.84. The van der Waals surface area contributed by atoms with Crippen LogP contribution < -0.4 is 5.73 Å². The monoisotopic (exact) mass is 345 g/mol. The molecule has 0 fully saturated rings. The average Bonchev–Trinajstić information content (AvgIpc) is 2.49. The van der Waals surface area contributed by atoms with Crippen molar-refractivity contribution in [1.82, 2.24) is 9.97 Å². The van der Waals surface area contributed by atoms with Gasteiger partial charge in [0.1, 0.15) is 5.82 Å². The molecule has 2 aromatic carbocycles. The van der Waals surface area contributed by atoms with E-state index in [4.69, 9.17) is 5.73 Å². The molecular weight excluding hydrogens is 333 g/mol. The summed E-state index contributed by atoms with van der Waals surface area (Å²) < 4.78 is 14.6. The molecule has 0 aliphatic rings. The quantitative estimate of drug-likeness (QED) is 0.785. The Hall–Kier alpha value is -1.85. The minimum atomic E-state index is -0.391. The van der Waals surface area contributed by atoms with Crippen molar-refractivity contribution in [1.29, 1.82) is 0 Å². The molecule has 1 heterocycles. The maximum Gasteiger partial charge on any atom is 0.127 e. The molecule has 1 atom stereocenters. The van der Waals surface area contributed by atoms with Crippen LogP contribution in [0.5, 0.6) is 0 Å². The smallest absolute Gasteiger partial charge is 0.127 e. The van der Waals surface area contributed by atoms with Crippen LogP contribution in [0.25, 0.3) is 11.0 Å². The predicted molar refractivity (Wildman–Crippen MR) is 84.3 cm³/mol.